The van der Waals surface area contributed by atoms with E-state index in [1.165, 1.54) is 6.07 Å². The molecule has 2 amide bonds. The largest absolute Gasteiger partial charge is 0.393 e. The quantitative estimate of drug-likeness (QED) is 0.724. The minimum absolute atomic E-state index is 0.294. The Balaban J connectivity index is 2.25. The maximum Gasteiger partial charge on any atom is 0.314 e. The Morgan fingerprint density at radius 3 is 2.75 bits per heavy atom. The maximum absolute atomic E-state index is 13.5. The third-order valence-corrected chi connectivity index (χ3v) is 3.31. The molecule has 0 radical (unpaired) electrons. The highest BCUT2D eigenvalue weighted by Gasteiger charge is 2.07. The molecule has 1 aromatic rings. The SMILES string of the molecule is CCC(O)CCNC(=O)NCCc1c(F)cccc1Cl. The highest BCUT2D eigenvalue weighted by atomic mass is 35.5. The number of hydrogen-bond donors (Lipinski definition) is 3. The van der Waals surface area contributed by atoms with E-state index in [1.54, 1.807) is 12.1 Å². The van der Waals surface area contributed by atoms with Crippen molar-refractivity contribution in [2.75, 3.05) is 13.1 Å². The van der Waals surface area contributed by atoms with Crippen LogP contribution < -0.4 is 10.6 Å². The van der Waals surface area contributed by atoms with Crippen LogP contribution in [0.3, 0.4) is 0 Å². The molecule has 0 saturated carbocycles. The van der Waals surface area contributed by atoms with Crippen LogP contribution >= 0.6 is 11.6 Å². The molecule has 112 valence electrons. The predicted octanol–water partition coefficient (Wildman–Crippen LogP) is 2.48. The summed E-state index contributed by atoms with van der Waals surface area (Å²) in [6.45, 7) is 2.58. The van der Waals surface area contributed by atoms with Gasteiger partial charge in [-0.3, -0.25) is 0 Å². The molecule has 4 nitrogen and oxygen atoms in total. The van der Waals surface area contributed by atoms with Gasteiger partial charge in [-0.05, 0) is 31.4 Å². The molecule has 0 fully saturated rings. The van der Waals surface area contributed by atoms with Gasteiger partial charge in [0.2, 0.25) is 0 Å². The summed E-state index contributed by atoms with van der Waals surface area (Å²) in [6.07, 6.45) is 1.11. The summed E-state index contributed by atoms with van der Waals surface area (Å²) >= 11 is 5.88. The second kappa shape index (κ2) is 8.76. The third-order valence-electron chi connectivity index (χ3n) is 2.96. The van der Waals surface area contributed by atoms with Crippen molar-refractivity contribution in [3.05, 3.63) is 34.6 Å². The van der Waals surface area contributed by atoms with Gasteiger partial charge in [0.05, 0.1) is 6.10 Å². The first-order chi connectivity index (χ1) is 9.54. The van der Waals surface area contributed by atoms with Crippen molar-refractivity contribution in [2.24, 2.45) is 0 Å². The van der Waals surface area contributed by atoms with Crippen LogP contribution in [0.4, 0.5) is 9.18 Å². The lowest BCUT2D eigenvalue weighted by molar-refractivity contribution is 0.160. The van der Waals surface area contributed by atoms with Crippen LogP contribution in [0.15, 0.2) is 18.2 Å². The summed E-state index contributed by atoms with van der Waals surface area (Å²) in [4.78, 5) is 11.4. The minimum Gasteiger partial charge on any atom is -0.393 e. The van der Waals surface area contributed by atoms with E-state index < -0.39 is 6.10 Å². The molecule has 0 heterocycles. The topological polar surface area (TPSA) is 61.4 Å². The number of amides is 2. The summed E-state index contributed by atoms with van der Waals surface area (Å²) in [7, 11) is 0. The van der Waals surface area contributed by atoms with Crippen molar-refractivity contribution in [3.8, 4) is 0 Å². The Morgan fingerprint density at radius 1 is 1.40 bits per heavy atom. The van der Waals surface area contributed by atoms with Crippen molar-refractivity contribution in [3.63, 3.8) is 0 Å². The fourth-order valence-corrected chi connectivity index (χ4v) is 1.95. The second-order valence-electron chi connectivity index (χ2n) is 4.48. The van der Waals surface area contributed by atoms with Crippen LogP contribution in [0.5, 0.6) is 0 Å². The van der Waals surface area contributed by atoms with Crippen molar-refractivity contribution >= 4 is 17.6 Å². The molecular formula is C14H20ClFN2O2. The van der Waals surface area contributed by atoms with Crippen LogP contribution in [0.2, 0.25) is 5.02 Å². The number of carbonyl (C=O) groups is 1. The van der Waals surface area contributed by atoms with Gasteiger partial charge in [0.15, 0.2) is 0 Å². The van der Waals surface area contributed by atoms with Gasteiger partial charge in [0.25, 0.3) is 0 Å². The molecule has 0 aliphatic carbocycles. The monoisotopic (exact) mass is 302 g/mol. The van der Waals surface area contributed by atoms with Crippen molar-refractivity contribution in [1.29, 1.82) is 0 Å². The third kappa shape index (κ3) is 5.75. The molecular weight excluding hydrogens is 283 g/mol. The van der Waals surface area contributed by atoms with E-state index in [2.05, 4.69) is 10.6 Å². The Hall–Kier alpha value is -1.33. The Morgan fingerprint density at radius 2 is 2.10 bits per heavy atom. The molecule has 0 spiro atoms. The summed E-state index contributed by atoms with van der Waals surface area (Å²) < 4.78 is 13.5. The fourth-order valence-electron chi connectivity index (χ4n) is 1.69. The van der Waals surface area contributed by atoms with Gasteiger partial charge in [-0.25, -0.2) is 9.18 Å². The molecule has 1 unspecified atom stereocenters. The summed E-state index contributed by atoms with van der Waals surface area (Å²) in [6, 6.07) is 4.17. The van der Waals surface area contributed by atoms with Crippen molar-refractivity contribution < 1.29 is 14.3 Å². The van der Waals surface area contributed by atoms with E-state index in [0.717, 1.165) is 0 Å². The number of nitrogens with one attached hydrogen (secondary N) is 2. The summed E-state index contributed by atoms with van der Waals surface area (Å²) in [5, 5.41) is 14.9. The fraction of sp³-hybridized carbons (Fsp3) is 0.500. The van der Waals surface area contributed by atoms with E-state index in [4.69, 9.17) is 11.6 Å². The van der Waals surface area contributed by atoms with Gasteiger partial charge >= 0.3 is 6.03 Å². The van der Waals surface area contributed by atoms with Gasteiger partial charge in [-0.1, -0.05) is 24.6 Å². The standard InChI is InChI=1S/C14H20ClFN2O2/c1-2-10(19)6-8-17-14(20)18-9-7-11-12(15)4-3-5-13(11)16/h3-5,10,19H,2,6-9H2,1H3,(H2,17,18,20). The molecule has 20 heavy (non-hydrogen) atoms. The van der Waals surface area contributed by atoms with Gasteiger partial charge in [0.1, 0.15) is 5.82 Å². The highest BCUT2D eigenvalue weighted by Crippen LogP contribution is 2.18. The Bertz CT molecular complexity index is 423. The zero-order valence-electron chi connectivity index (χ0n) is 11.5. The summed E-state index contributed by atoms with van der Waals surface area (Å²) in [5.41, 5.74) is 0.399. The molecule has 1 atom stereocenters. The first-order valence-electron chi connectivity index (χ1n) is 6.67. The smallest absolute Gasteiger partial charge is 0.314 e. The number of hydrogen-bond acceptors (Lipinski definition) is 2. The number of halogens is 2. The molecule has 1 rings (SSSR count). The van der Waals surface area contributed by atoms with Crippen LogP contribution in [0, 0.1) is 5.82 Å². The lowest BCUT2D eigenvalue weighted by Gasteiger charge is -2.10. The van der Waals surface area contributed by atoms with E-state index >= 15 is 0 Å². The van der Waals surface area contributed by atoms with E-state index in [-0.39, 0.29) is 11.8 Å². The van der Waals surface area contributed by atoms with Crippen molar-refractivity contribution in [2.45, 2.75) is 32.3 Å². The number of aliphatic hydroxyl groups is 1. The maximum atomic E-state index is 13.5. The molecule has 6 heteroatoms. The van der Waals surface area contributed by atoms with Crippen LogP contribution in [0.1, 0.15) is 25.3 Å². The Kier molecular flexibility index (Phi) is 7.33. The zero-order chi connectivity index (χ0) is 15.0. The number of aliphatic hydroxyl groups excluding tert-OH is 1. The number of carbonyl (C=O) groups excluding carboxylic acids is 1. The molecule has 3 N–H and O–H groups in total. The lowest BCUT2D eigenvalue weighted by atomic mass is 10.1. The van der Waals surface area contributed by atoms with Gasteiger partial charge < -0.3 is 15.7 Å². The molecule has 0 aromatic heterocycles. The van der Waals surface area contributed by atoms with Gasteiger partial charge in [-0.15, -0.1) is 0 Å². The number of rotatable bonds is 7. The molecule has 0 bridgehead atoms. The lowest BCUT2D eigenvalue weighted by Crippen LogP contribution is -2.38. The first kappa shape index (κ1) is 16.7. The van der Waals surface area contributed by atoms with Crippen LogP contribution in [-0.4, -0.2) is 30.3 Å². The number of urea groups is 1. The predicted molar refractivity (Wildman–Crippen MR) is 77.4 cm³/mol. The van der Waals surface area contributed by atoms with Crippen molar-refractivity contribution in [1.82, 2.24) is 10.6 Å². The van der Waals surface area contributed by atoms with E-state index in [0.29, 0.717) is 42.9 Å². The van der Waals surface area contributed by atoms with Crippen LogP contribution in [0.25, 0.3) is 0 Å². The van der Waals surface area contributed by atoms with E-state index in [9.17, 15) is 14.3 Å². The minimum atomic E-state index is -0.396. The highest BCUT2D eigenvalue weighted by molar-refractivity contribution is 6.31. The average Bonchev–Trinajstić information content (AvgIpc) is 2.42. The summed E-state index contributed by atoms with van der Waals surface area (Å²) in [5.74, 6) is -0.370. The zero-order valence-corrected chi connectivity index (χ0v) is 12.2. The number of benzene rings is 1. The van der Waals surface area contributed by atoms with E-state index in [1.807, 2.05) is 6.92 Å². The van der Waals surface area contributed by atoms with Gasteiger partial charge in [-0.2, -0.15) is 0 Å². The average molecular weight is 303 g/mol. The molecule has 1 aromatic carbocycles. The first-order valence-corrected chi connectivity index (χ1v) is 7.05. The van der Waals surface area contributed by atoms with Gasteiger partial charge in [0, 0.05) is 23.7 Å². The molecule has 0 aliphatic heterocycles. The Labute approximate surface area is 123 Å². The normalized spacial score (nSPS) is 12.0. The molecule has 0 saturated heterocycles. The van der Waals surface area contributed by atoms with Crippen LogP contribution in [-0.2, 0) is 6.42 Å². The second-order valence-corrected chi connectivity index (χ2v) is 4.89. The molecule has 0 aliphatic rings.